The molecule has 9 aromatic carbocycles. The number of nitrogens with zero attached hydrogens (tertiary/aromatic N) is 1. The van der Waals surface area contributed by atoms with Gasteiger partial charge in [0.2, 0.25) is 0 Å². The van der Waals surface area contributed by atoms with Crippen molar-refractivity contribution in [3.05, 3.63) is 200 Å². The number of rotatable bonds is 6. The molecule has 1 heterocycles. The van der Waals surface area contributed by atoms with Gasteiger partial charge in [-0.05, 0) is 86.3 Å². The highest BCUT2D eigenvalue weighted by Crippen LogP contribution is 2.46. The molecule has 244 valence electrons. The number of hydrogen-bond acceptors (Lipinski definition) is 2. The Hall–Kier alpha value is -6.90. The molecule has 0 saturated carbocycles. The Morgan fingerprint density at radius 2 is 0.885 bits per heavy atom. The maximum absolute atomic E-state index is 6.77. The van der Waals surface area contributed by atoms with Gasteiger partial charge in [-0.1, -0.05) is 158 Å². The van der Waals surface area contributed by atoms with Crippen molar-refractivity contribution in [1.29, 1.82) is 0 Å². The highest BCUT2D eigenvalue weighted by atomic mass is 16.3. The van der Waals surface area contributed by atoms with E-state index >= 15 is 0 Å². The molecule has 0 aliphatic rings. The molecular formula is C50H33NO. The average Bonchev–Trinajstić information content (AvgIpc) is 3.58. The van der Waals surface area contributed by atoms with Crippen LogP contribution in [0.3, 0.4) is 0 Å². The van der Waals surface area contributed by atoms with E-state index in [9.17, 15) is 0 Å². The zero-order valence-corrected chi connectivity index (χ0v) is 28.4. The Balaban J connectivity index is 1.20. The van der Waals surface area contributed by atoms with Gasteiger partial charge in [-0.25, -0.2) is 0 Å². The van der Waals surface area contributed by atoms with Crippen LogP contribution in [0.5, 0.6) is 0 Å². The molecular weight excluding hydrogens is 631 g/mol. The summed E-state index contributed by atoms with van der Waals surface area (Å²) in [5, 5.41) is 7.09. The first-order valence-electron chi connectivity index (χ1n) is 17.8. The van der Waals surface area contributed by atoms with Crippen LogP contribution in [0.4, 0.5) is 17.1 Å². The lowest BCUT2D eigenvalue weighted by Gasteiger charge is -2.29. The number of hydrogen-bond donors (Lipinski definition) is 0. The van der Waals surface area contributed by atoms with Gasteiger partial charge >= 0.3 is 0 Å². The van der Waals surface area contributed by atoms with E-state index in [0.717, 1.165) is 55.7 Å². The molecule has 0 bridgehead atoms. The molecule has 52 heavy (non-hydrogen) atoms. The lowest BCUT2D eigenvalue weighted by molar-refractivity contribution is 0.670. The summed E-state index contributed by atoms with van der Waals surface area (Å²) in [5.74, 6) is 0. The van der Waals surface area contributed by atoms with Crippen LogP contribution in [0.25, 0.3) is 76.9 Å². The predicted molar refractivity (Wildman–Crippen MR) is 220 cm³/mol. The Morgan fingerprint density at radius 1 is 0.327 bits per heavy atom. The van der Waals surface area contributed by atoms with Crippen LogP contribution < -0.4 is 4.90 Å². The van der Waals surface area contributed by atoms with Crippen LogP contribution in [0, 0.1) is 0 Å². The third-order valence-corrected chi connectivity index (χ3v) is 10.2. The minimum absolute atomic E-state index is 0.891. The van der Waals surface area contributed by atoms with Gasteiger partial charge in [-0.2, -0.15) is 0 Å². The minimum atomic E-state index is 0.891. The summed E-state index contributed by atoms with van der Waals surface area (Å²) in [6.07, 6.45) is 0. The molecule has 2 heteroatoms. The SMILES string of the molecule is c1ccc(-c2cccc(N(c3cccc(-c4cccc5ccccc45)c3)c3ccccc3-c3cccc4c3oc3cc5ccccc5cc34)c2)cc1. The first kappa shape index (κ1) is 30.0. The molecule has 0 amide bonds. The molecule has 0 aliphatic carbocycles. The molecule has 10 aromatic rings. The van der Waals surface area contributed by atoms with Crippen LogP contribution in [-0.2, 0) is 0 Å². The van der Waals surface area contributed by atoms with Crippen LogP contribution in [-0.4, -0.2) is 0 Å². The van der Waals surface area contributed by atoms with Crippen molar-refractivity contribution in [2.45, 2.75) is 0 Å². The van der Waals surface area contributed by atoms with Gasteiger partial charge in [0.15, 0.2) is 0 Å². The van der Waals surface area contributed by atoms with Gasteiger partial charge in [0.05, 0.1) is 5.69 Å². The molecule has 0 radical (unpaired) electrons. The fourth-order valence-electron chi connectivity index (χ4n) is 7.76. The third kappa shape index (κ3) is 5.12. The second kappa shape index (κ2) is 12.5. The molecule has 0 saturated heterocycles. The summed E-state index contributed by atoms with van der Waals surface area (Å²) in [6, 6.07) is 71.7. The van der Waals surface area contributed by atoms with Crippen molar-refractivity contribution in [2.24, 2.45) is 0 Å². The summed E-state index contributed by atoms with van der Waals surface area (Å²) in [4.78, 5) is 2.40. The molecule has 2 nitrogen and oxygen atoms in total. The van der Waals surface area contributed by atoms with E-state index in [1.807, 2.05) is 0 Å². The third-order valence-electron chi connectivity index (χ3n) is 10.2. The van der Waals surface area contributed by atoms with Crippen LogP contribution in [0.15, 0.2) is 205 Å². The number of fused-ring (bicyclic) bond motifs is 5. The zero-order chi connectivity index (χ0) is 34.4. The summed E-state index contributed by atoms with van der Waals surface area (Å²) < 4.78 is 6.77. The number of furan rings is 1. The molecule has 0 fully saturated rings. The van der Waals surface area contributed by atoms with Crippen molar-refractivity contribution in [3.8, 4) is 33.4 Å². The quantitative estimate of drug-likeness (QED) is 0.176. The Morgan fingerprint density at radius 3 is 1.73 bits per heavy atom. The molecule has 0 spiro atoms. The average molecular weight is 664 g/mol. The molecule has 0 atom stereocenters. The van der Waals surface area contributed by atoms with E-state index in [2.05, 4.69) is 205 Å². The van der Waals surface area contributed by atoms with Gasteiger partial charge < -0.3 is 9.32 Å². The number of para-hydroxylation sites is 2. The van der Waals surface area contributed by atoms with Crippen LogP contribution in [0.2, 0.25) is 0 Å². The van der Waals surface area contributed by atoms with Crippen molar-refractivity contribution in [2.75, 3.05) is 4.90 Å². The van der Waals surface area contributed by atoms with Crippen molar-refractivity contribution >= 4 is 60.5 Å². The van der Waals surface area contributed by atoms with E-state index in [1.54, 1.807) is 0 Å². The largest absolute Gasteiger partial charge is 0.455 e. The van der Waals surface area contributed by atoms with Crippen molar-refractivity contribution in [3.63, 3.8) is 0 Å². The summed E-state index contributed by atoms with van der Waals surface area (Å²) in [6.45, 7) is 0. The van der Waals surface area contributed by atoms with E-state index in [-0.39, 0.29) is 0 Å². The fourth-order valence-corrected chi connectivity index (χ4v) is 7.76. The number of benzene rings is 9. The maximum atomic E-state index is 6.77. The van der Waals surface area contributed by atoms with Crippen molar-refractivity contribution < 1.29 is 4.42 Å². The van der Waals surface area contributed by atoms with Gasteiger partial charge in [0, 0.05) is 33.3 Å². The van der Waals surface area contributed by atoms with E-state index in [0.29, 0.717) is 0 Å². The molecule has 1 aromatic heterocycles. The highest BCUT2D eigenvalue weighted by Gasteiger charge is 2.21. The predicted octanol–water partition coefficient (Wildman–Crippen LogP) is 14.4. The fraction of sp³-hybridized carbons (Fsp3) is 0. The topological polar surface area (TPSA) is 16.4 Å². The van der Waals surface area contributed by atoms with Crippen LogP contribution in [0.1, 0.15) is 0 Å². The van der Waals surface area contributed by atoms with E-state index in [1.165, 1.54) is 38.2 Å². The van der Waals surface area contributed by atoms with Crippen LogP contribution >= 0.6 is 0 Å². The molecule has 0 unspecified atom stereocenters. The summed E-state index contributed by atoms with van der Waals surface area (Å²) in [7, 11) is 0. The van der Waals surface area contributed by atoms with E-state index in [4.69, 9.17) is 4.42 Å². The zero-order valence-electron chi connectivity index (χ0n) is 28.4. The van der Waals surface area contributed by atoms with E-state index < -0.39 is 0 Å². The lowest BCUT2D eigenvalue weighted by Crippen LogP contribution is -2.11. The first-order chi connectivity index (χ1) is 25.8. The summed E-state index contributed by atoms with van der Waals surface area (Å²) >= 11 is 0. The molecule has 0 aliphatic heterocycles. The minimum Gasteiger partial charge on any atom is -0.455 e. The van der Waals surface area contributed by atoms with Gasteiger partial charge in [0.25, 0.3) is 0 Å². The van der Waals surface area contributed by atoms with Gasteiger partial charge in [-0.3, -0.25) is 0 Å². The smallest absolute Gasteiger partial charge is 0.143 e. The van der Waals surface area contributed by atoms with Gasteiger partial charge in [0.1, 0.15) is 11.2 Å². The second-order valence-corrected chi connectivity index (χ2v) is 13.3. The normalized spacial score (nSPS) is 11.5. The molecule has 0 N–H and O–H groups in total. The lowest BCUT2D eigenvalue weighted by atomic mass is 9.96. The first-order valence-corrected chi connectivity index (χ1v) is 17.8. The second-order valence-electron chi connectivity index (χ2n) is 13.3. The van der Waals surface area contributed by atoms with Crippen molar-refractivity contribution in [1.82, 2.24) is 0 Å². The van der Waals surface area contributed by atoms with Gasteiger partial charge in [-0.15, -0.1) is 0 Å². The molecule has 10 rings (SSSR count). The maximum Gasteiger partial charge on any atom is 0.143 e. The monoisotopic (exact) mass is 663 g/mol. The Bertz CT molecular complexity index is 2910. The number of anilines is 3. The highest BCUT2D eigenvalue weighted by molar-refractivity contribution is 6.14. The standard InChI is InChI=1S/C50H33NO/c1-2-14-34(15-3-1)36-20-10-22-40(30-36)51(41-23-11-21-39(31-41)43-26-12-19-35-16-6-7-24-42(35)43)48-29-9-8-25-44(48)45-27-13-28-46-47-32-37-17-4-5-18-38(37)33-49(47)52-50(45)46/h1-33H. The summed E-state index contributed by atoms with van der Waals surface area (Å²) in [5.41, 5.74) is 11.9. The Kier molecular flexibility index (Phi) is 7.18. The Labute approximate surface area is 302 Å².